The first kappa shape index (κ1) is 26.7. The standard InChI is InChI=1S/C27H52/c1-5-8-10-12-14-15-16-17-18-19-21-23-25-27(26(4)7-3)24-22-20-13-11-9-6-2/h19,21,26-27H,1-2,5-18,20,22-25H2,3-4H3/b21-19+. The van der Waals surface area contributed by atoms with E-state index < -0.39 is 0 Å². The molecule has 0 heterocycles. The van der Waals surface area contributed by atoms with Crippen molar-refractivity contribution in [3.05, 3.63) is 26.0 Å². The molecule has 0 amide bonds. The van der Waals surface area contributed by atoms with Crippen molar-refractivity contribution in [1.29, 1.82) is 0 Å². The van der Waals surface area contributed by atoms with Crippen LogP contribution in [0.1, 0.15) is 136 Å². The molecule has 0 aliphatic heterocycles. The van der Waals surface area contributed by atoms with Gasteiger partial charge in [0.1, 0.15) is 0 Å². The Bertz CT molecular complexity index is 290. The highest BCUT2D eigenvalue weighted by Crippen LogP contribution is 2.27. The van der Waals surface area contributed by atoms with Gasteiger partial charge < -0.3 is 0 Å². The maximum Gasteiger partial charge on any atom is -0.0348 e. The normalized spacial score (nSPS) is 14.1. The van der Waals surface area contributed by atoms with E-state index in [1.807, 2.05) is 0 Å². The van der Waals surface area contributed by atoms with Crippen molar-refractivity contribution in [2.24, 2.45) is 11.8 Å². The minimum absolute atomic E-state index is 0.890. The Morgan fingerprint density at radius 2 is 1.07 bits per heavy atom. The third-order valence-corrected chi connectivity index (χ3v) is 6.27. The van der Waals surface area contributed by atoms with Crippen molar-refractivity contribution in [3.8, 4) is 0 Å². The molecule has 0 rings (SSSR count). The van der Waals surface area contributed by atoms with E-state index in [2.05, 4.69) is 39.8 Å². The van der Waals surface area contributed by atoms with Crippen LogP contribution >= 0.6 is 0 Å². The summed E-state index contributed by atoms with van der Waals surface area (Å²) in [6.45, 7) is 12.7. The number of allylic oxidation sites excluding steroid dienone is 2. The van der Waals surface area contributed by atoms with Gasteiger partial charge >= 0.3 is 0 Å². The molecule has 2 atom stereocenters. The van der Waals surface area contributed by atoms with Crippen molar-refractivity contribution >= 4 is 0 Å². The third kappa shape index (κ3) is 18.9. The van der Waals surface area contributed by atoms with Crippen LogP contribution in [0.25, 0.3) is 0 Å². The monoisotopic (exact) mass is 376 g/mol. The van der Waals surface area contributed by atoms with E-state index in [0.29, 0.717) is 0 Å². The lowest BCUT2D eigenvalue weighted by Crippen LogP contribution is -2.11. The molecule has 2 radical (unpaired) electrons. The molecule has 0 aromatic carbocycles. The van der Waals surface area contributed by atoms with E-state index in [1.54, 1.807) is 0 Å². The van der Waals surface area contributed by atoms with Crippen LogP contribution < -0.4 is 0 Å². The average molecular weight is 377 g/mol. The molecule has 0 spiro atoms. The third-order valence-electron chi connectivity index (χ3n) is 6.27. The Morgan fingerprint density at radius 1 is 0.593 bits per heavy atom. The predicted molar refractivity (Wildman–Crippen MR) is 126 cm³/mol. The molecule has 0 saturated heterocycles. The number of hydrogen-bond acceptors (Lipinski definition) is 0. The van der Waals surface area contributed by atoms with E-state index in [-0.39, 0.29) is 0 Å². The van der Waals surface area contributed by atoms with E-state index in [9.17, 15) is 0 Å². The molecule has 0 aromatic heterocycles. The Hall–Kier alpha value is -0.260. The minimum Gasteiger partial charge on any atom is -0.0885 e. The zero-order valence-corrected chi connectivity index (χ0v) is 19.2. The summed E-state index contributed by atoms with van der Waals surface area (Å²) < 4.78 is 0. The van der Waals surface area contributed by atoms with Crippen LogP contribution in [0.2, 0.25) is 0 Å². The molecule has 27 heavy (non-hydrogen) atoms. The van der Waals surface area contributed by atoms with Gasteiger partial charge in [0.25, 0.3) is 0 Å². The zero-order valence-electron chi connectivity index (χ0n) is 19.2. The highest BCUT2D eigenvalue weighted by Gasteiger charge is 2.14. The molecule has 0 aliphatic carbocycles. The first-order valence-corrected chi connectivity index (χ1v) is 12.5. The maximum atomic E-state index is 3.94. The van der Waals surface area contributed by atoms with Crippen LogP contribution in [0, 0.1) is 25.7 Å². The molecule has 0 nitrogen and oxygen atoms in total. The molecule has 160 valence electrons. The molecule has 0 saturated carbocycles. The Kier molecular flexibility index (Phi) is 21.8. The smallest absolute Gasteiger partial charge is 0.0348 e. The molecule has 2 unspecified atom stereocenters. The van der Waals surface area contributed by atoms with Crippen LogP contribution in [-0.2, 0) is 0 Å². The van der Waals surface area contributed by atoms with Gasteiger partial charge in [0, 0.05) is 0 Å². The lowest BCUT2D eigenvalue weighted by Gasteiger charge is -2.22. The lowest BCUT2D eigenvalue weighted by atomic mass is 9.84. The molecule has 0 N–H and O–H groups in total. The molecular weight excluding hydrogens is 324 g/mol. The van der Waals surface area contributed by atoms with Crippen molar-refractivity contribution < 1.29 is 0 Å². The lowest BCUT2D eigenvalue weighted by molar-refractivity contribution is 0.299. The van der Waals surface area contributed by atoms with Gasteiger partial charge in [0.05, 0.1) is 0 Å². The summed E-state index contributed by atoms with van der Waals surface area (Å²) in [6, 6.07) is 0. The van der Waals surface area contributed by atoms with Gasteiger partial charge in [-0.25, -0.2) is 0 Å². The molecular formula is C27H52. The van der Waals surface area contributed by atoms with Gasteiger partial charge in [-0.3, -0.25) is 0 Å². The highest BCUT2D eigenvalue weighted by atomic mass is 14.2. The van der Waals surface area contributed by atoms with Gasteiger partial charge in [0.15, 0.2) is 0 Å². The second kappa shape index (κ2) is 22.0. The van der Waals surface area contributed by atoms with Crippen LogP contribution in [0.4, 0.5) is 0 Å². The first-order chi connectivity index (χ1) is 13.3. The fourth-order valence-electron chi connectivity index (χ4n) is 4.03. The molecule has 0 bridgehead atoms. The molecule has 0 aliphatic rings. The number of unbranched alkanes of at least 4 members (excludes halogenated alkanes) is 13. The van der Waals surface area contributed by atoms with E-state index >= 15 is 0 Å². The summed E-state index contributed by atoms with van der Waals surface area (Å²) in [7, 11) is 0. The molecule has 0 fully saturated rings. The Morgan fingerprint density at radius 3 is 1.63 bits per heavy atom. The quantitative estimate of drug-likeness (QED) is 0.138. The second-order valence-corrected chi connectivity index (χ2v) is 8.72. The molecule has 0 aromatic rings. The van der Waals surface area contributed by atoms with Gasteiger partial charge in [-0.15, -0.1) is 0 Å². The summed E-state index contributed by atoms with van der Waals surface area (Å²) in [5.41, 5.74) is 0. The SMILES string of the molecule is [CH2]CCCCCCCCC/C=C/CCC(CCCCCCC[CH2])C(C)CC. The van der Waals surface area contributed by atoms with Crippen molar-refractivity contribution in [2.45, 2.75) is 136 Å². The molecule has 0 heteroatoms. The zero-order chi connectivity index (χ0) is 20.0. The average Bonchev–Trinajstić information content (AvgIpc) is 2.69. The van der Waals surface area contributed by atoms with E-state index in [1.165, 1.54) is 109 Å². The van der Waals surface area contributed by atoms with Gasteiger partial charge in [-0.05, 0) is 37.5 Å². The van der Waals surface area contributed by atoms with Gasteiger partial charge in [-0.2, -0.15) is 0 Å². The summed E-state index contributed by atoms with van der Waals surface area (Å²) in [6.07, 6.45) is 30.7. The van der Waals surface area contributed by atoms with Crippen LogP contribution in [-0.4, -0.2) is 0 Å². The van der Waals surface area contributed by atoms with Crippen molar-refractivity contribution in [3.63, 3.8) is 0 Å². The van der Waals surface area contributed by atoms with Gasteiger partial charge in [0.2, 0.25) is 0 Å². The van der Waals surface area contributed by atoms with Crippen LogP contribution in [0.3, 0.4) is 0 Å². The van der Waals surface area contributed by atoms with Crippen LogP contribution in [0.15, 0.2) is 12.2 Å². The van der Waals surface area contributed by atoms with E-state index in [4.69, 9.17) is 0 Å². The number of hydrogen-bond donors (Lipinski definition) is 0. The van der Waals surface area contributed by atoms with Crippen molar-refractivity contribution in [2.75, 3.05) is 0 Å². The van der Waals surface area contributed by atoms with E-state index in [0.717, 1.165) is 24.7 Å². The van der Waals surface area contributed by atoms with Gasteiger partial charge in [-0.1, -0.05) is 136 Å². The highest BCUT2D eigenvalue weighted by molar-refractivity contribution is 4.83. The summed E-state index contributed by atoms with van der Waals surface area (Å²) in [5.74, 6) is 1.83. The minimum atomic E-state index is 0.890. The van der Waals surface area contributed by atoms with Crippen molar-refractivity contribution in [1.82, 2.24) is 0 Å². The van der Waals surface area contributed by atoms with Crippen LogP contribution in [0.5, 0.6) is 0 Å². The summed E-state index contributed by atoms with van der Waals surface area (Å²) >= 11 is 0. The Balaban J connectivity index is 3.66. The summed E-state index contributed by atoms with van der Waals surface area (Å²) in [4.78, 5) is 0. The largest absolute Gasteiger partial charge is 0.0885 e. The number of rotatable bonds is 21. The Labute approximate surface area is 174 Å². The second-order valence-electron chi connectivity index (χ2n) is 8.72. The summed E-state index contributed by atoms with van der Waals surface area (Å²) in [5, 5.41) is 0. The topological polar surface area (TPSA) is 0 Å². The fraction of sp³-hybridized carbons (Fsp3) is 0.852. The maximum absolute atomic E-state index is 3.94. The first-order valence-electron chi connectivity index (χ1n) is 12.5. The predicted octanol–water partition coefficient (Wildman–Crippen LogP) is 9.89. The fourth-order valence-corrected chi connectivity index (χ4v) is 4.03.